The fourth-order valence-electron chi connectivity index (χ4n) is 5.55. The summed E-state index contributed by atoms with van der Waals surface area (Å²) < 4.78 is 12.6. The summed E-state index contributed by atoms with van der Waals surface area (Å²) in [5.41, 5.74) is 3.58. The molecule has 1 spiro atoms. The van der Waals surface area contributed by atoms with Gasteiger partial charge in [-0.2, -0.15) is 0 Å². The number of hydrogen-bond donors (Lipinski definition) is 1. The molecular formula is C26H29NO3. The van der Waals surface area contributed by atoms with E-state index in [0.717, 1.165) is 31.8 Å². The number of phenolic OH excluding ortho intramolecular Hbond substituents is 1. The lowest BCUT2D eigenvalue weighted by atomic mass is 9.69. The highest BCUT2D eigenvalue weighted by Gasteiger charge is 2.53. The molecule has 0 amide bonds. The van der Waals surface area contributed by atoms with E-state index >= 15 is 0 Å². The van der Waals surface area contributed by atoms with Gasteiger partial charge in [-0.15, -0.1) is 0 Å². The molecule has 2 aromatic carbocycles. The van der Waals surface area contributed by atoms with Gasteiger partial charge in [0.05, 0.1) is 18.1 Å². The van der Waals surface area contributed by atoms with Crippen LogP contribution < -0.4 is 4.74 Å². The topological polar surface area (TPSA) is 41.9 Å². The number of rotatable bonds is 5. The Morgan fingerprint density at radius 2 is 2.00 bits per heavy atom. The Morgan fingerprint density at radius 1 is 1.13 bits per heavy atom. The summed E-state index contributed by atoms with van der Waals surface area (Å²) in [5.74, 6) is 1.86. The van der Waals surface area contributed by atoms with Crippen molar-refractivity contribution in [3.8, 4) is 11.5 Å². The van der Waals surface area contributed by atoms with Gasteiger partial charge in [0.1, 0.15) is 6.10 Å². The van der Waals surface area contributed by atoms with Gasteiger partial charge in [0, 0.05) is 25.1 Å². The number of nitrogens with zero attached hydrogens (tertiary/aromatic N) is 1. The quantitative estimate of drug-likeness (QED) is 0.744. The van der Waals surface area contributed by atoms with Gasteiger partial charge in [-0.05, 0) is 48.9 Å². The summed E-state index contributed by atoms with van der Waals surface area (Å²) in [6, 6.07) is 14.2. The van der Waals surface area contributed by atoms with E-state index in [1.165, 1.54) is 36.1 Å². The first-order chi connectivity index (χ1) is 14.7. The maximum atomic E-state index is 10.6. The molecule has 4 aliphatic rings. The van der Waals surface area contributed by atoms with Gasteiger partial charge in [0.25, 0.3) is 0 Å². The van der Waals surface area contributed by atoms with E-state index < -0.39 is 0 Å². The van der Waals surface area contributed by atoms with Crippen LogP contribution in [0.25, 0.3) is 0 Å². The molecule has 2 aliphatic heterocycles. The molecule has 0 saturated heterocycles. The zero-order valence-electron chi connectivity index (χ0n) is 17.3. The Balaban J connectivity index is 1.28. The van der Waals surface area contributed by atoms with Crippen LogP contribution in [0.5, 0.6) is 11.5 Å². The molecule has 0 unspecified atom stereocenters. The standard InChI is InChI=1S/C26H29NO3/c28-22-9-8-20-16-27(15-18-6-7-18)13-12-26-11-10-21(14-23(26)30-25(22)24(20)26)29-17-19-4-2-1-3-5-19/h1-5,8-11,18,21,23,28H,6-7,12-17H2/t21-,23-,26-/m0/s1. The predicted molar refractivity (Wildman–Crippen MR) is 116 cm³/mol. The van der Waals surface area contributed by atoms with E-state index in [1.807, 2.05) is 24.3 Å². The molecule has 4 nitrogen and oxygen atoms in total. The Bertz CT molecular complexity index is 968. The molecule has 156 valence electrons. The molecule has 30 heavy (non-hydrogen) atoms. The first-order valence-electron chi connectivity index (χ1n) is 11.3. The summed E-state index contributed by atoms with van der Waals surface area (Å²) in [4.78, 5) is 2.61. The normalized spacial score (nSPS) is 29.7. The molecule has 6 rings (SSSR count). The summed E-state index contributed by atoms with van der Waals surface area (Å²) in [6.45, 7) is 3.84. The van der Waals surface area contributed by atoms with Crippen LogP contribution in [-0.4, -0.2) is 35.3 Å². The van der Waals surface area contributed by atoms with Gasteiger partial charge in [0.15, 0.2) is 11.5 Å². The highest BCUT2D eigenvalue weighted by molar-refractivity contribution is 5.60. The molecule has 4 heteroatoms. The third-order valence-corrected chi connectivity index (χ3v) is 7.33. The lowest BCUT2D eigenvalue weighted by Crippen LogP contribution is -2.43. The molecule has 1 saturated carbocycles. The van der Waals surface area contributed by atoms with Crippen LogP contribution in [0.2, 0.25) is 0 Å². The molecule has 0 radical (unpaired) electrons. The molecule has 2 aromatic rings. The highest BCUT2D eigenvalue weighted by Crippen LogP contribution is 2.55. The van der Waals surface area contributed by atoms with Crippen molar-refractivity contribution in [1.82, 2.24) is 4.90 Å². The molecule has 1 fully saturated rings. The van der Waals surface area contributed by atoms with E-state index in [-0.39, 0.29) is 23.4 Å². The molecule has 3 atom stereocenters. The molecule has 0 aromatic heterocycles. The summed E-state index contributed by atoms with van der Waals surface area (Å²) in [6.07, 6.45) is 9.24. The molecule has 1 N–H and O–H groups in total. The first kappa shape index (κ1) is 18.5. The third-order valence-electron chi connectivity index (χ3n) is 7.33. The van der Waals surface area contributed by atoms with Crippen LogP contribution in [0.4, 0.5) is 0 Å². The van der Waals surface area contributed by atoms with Crippen LogP contribution in [0, 0.1) is 5.92 Å². The van der Waals surface area contributed by atoms with Crippen molar-refractivity contribution in [2.75, 3.05) is 13.1 Å². The van der Waals surface area contributed by atoms with Gasteiger partial charge in [-0.25, -0.2) is 0 Å². The van der Waals surface area contributed by atoms with Crippen LogP contribution in [0.1, 0.15) is 42.4 Å². The van der Waals surface area contributed by atoms with Crippen LogP contribution in [0.15, 0.2) is 54.6 Å². The highest BCUT2D eigenvalue weighted by atomic mass is 16.5. The second-order valence-corrected chi connectivity index (χ2v) is 9.45. The number of hydrogen-bond acceptors (Lipinski definition) is 4. The van der Waals surface area contributed by atoms with Gasteiger partial charge in [0.2, 0.25) is 0 Å². The molecule has 2 heterocycles. The number of phenols is 1. The molecular weight excluding hydrogens is 374 g/mol. The second kappa shape index (κ2) is 7.14. The van der Waals surface area contributed by atoms with E-state index in [2.05, 4.69) is 35.3 Å². The van der Waals surface area contributed by atoms with Crippen molar-refractivity contribution < 1.29 is 14.6 Å². The molecule has 0 bridgehead atoms. The van der Waals surface area contributed by atoms with Gasteiger partial charge < -0.3 is 14.6 Å². The predicted octanol–water partition coefficient (Wildman–Crippen LogP) is 4.55. The Morgan fingerprint density at radius 3 is 2.83 bits per heavy atom. The second-order valence-electron chi connectivity index (χ2n) is 9.45. The van der Waals surface area contributed by atoms with Crippen molar-refractivity contribution in [3.05, 3.63) is 71.3 Å². The third kappa shape index (κ3) is 3.14. The van der Waals surface area contributed by atoms with Crippen molar-refractivity contribution in [2.24, 2.45) is 5.92 Å². The average molecular weight is 404 g/mol. The first-order valence-corrected chi connectivity index (χ1v) is 11.3. The Hall–Kier alpha value is -2.30. The van der Waals surface area contributed by atoms with Crippen molar-refractivity contribution in [1.29, 1.82) is 0 Å². The fourth-order valence-corrected chi connectivity index (χ4v) is 5.55. The maximum Gasteiger partial charge on any atom is 0.165 e. The number of aromatic hydroxyl groups is 1. The summed E-state index contributed by atoms with van der Waals surface area (Å²) in [5, 5.41) is 10.6. The Labute approximate surface area is 178 Å². The lowest BCUT2D eigenvalue weighted by Gasteiger charge is -2.37. The zero-order chi connectivity index (χ0) is 20.1. The maximum absolute atomic E-state index is 10.6. The van der Waals surface area contributed by atoms with E-state index in [1.54, 1.807) is 0 Å². The van der Waals surface area contributed by atoms with Crippen LogP contribution >= 0.6 is 0 Å². The summed E-state index contributed by atoms with van der Waals surface area (Å²) >= 11 is 0. The van der Waals surface area contributed by atoms with E-state index in [0.29, 0.717) is 12.4 Å². The van der Waals surface area contributed by atoms with E-state index in [4.69, 9.17) is 9.47 Å². The van der Waals surface area contributed by atoms with Gasteiger partial charge >= 0.3 is 0 Å². The lowest BCUT2D eigenvalue weighted by molar-refractivity contribution is 0.0187. The Kier molecular flexibility index (Phi) is 4.39. The van der Waals surface area contributed by atoms with Gasteiger partial charge in [-0.1, -0.05) is 48.6 Å². The van der Waals surface area contributed by atoms with Gasteiger partial charge in [-0.3, -0.25) is 4.90 Å². The SMILES string of the molecule is Oc1ccc2c3c1O[C@H]1C[C@@H](OCc4ccccc4)C=C[C@@]31CCN(CC1CC1)C2. The monoisotopic (exact) mass is 403 g/mol. The fraction of sp³-hybridized carbons (Fsp3) is 0.462. The summed E-state index contributed by atoms with van der Waals surface area (Å²) in [7, 11) is 0. The van der Waals surface area contributed by atoms with Crippen LogP contribution in [0.3, 0.4) is 0 Å². The smallest absolute Gasteiger partial charge is 0.165 e. The average Bonchev–Trinajstić information content (AvgIpc) is 3.54. The molecule has 2 aliphatic carbocycles. The van der Waals surface area contributed by atoms with Crippen molar-refractivity contribution >= 4 is 0 Å². The zero-order valence-corrected chi connectivity index (χ0v) is 17.3. The van der Waals surface area contributed by atoms with Crippen LogP contribution in [-0.2, 0) is 23.3 Å². The van der Waals surface area contributed by atoms with Crippen molar-refractivity contribution in [2.45, 2.75) is 56.5 Å². The minimum atomic E-state index is -0.145. The number of ether oxygens (including phenoxy) is 2. The minimum absolute atomic E-state index is 0.0196. The van der Waals surface area contributed by atoms with E-state index in [9.17, 15) is 5.11 Å². The van der Waals surface area contributed by atoms with Crippen molar-refractivity contribution in [3.63, 3.8) is 0 Å². The number of benzene rings is 2. The minimum Gasteiger partial charge on any atom is -0.504 e. The largest absolute Gasteiger partial charge is 0.504 e.